The molecule has 1 N–H and O–H groups in total. The van der Waals surface area contributed by atoms with Gasteiger partial charge in [-0.3, -0.25) is 19.2 Å². The lowest BCUT2D eigenvalue weighted by Crippen LogP contribution is -2.41. The van der Waals surface area contributed by atoms with Crippen LogP contribution in [0.3, 0.4) is 0 Å². The zero-order valence-corrected chi connectivity index (χ0v) is 19.0. The van der Waals surface area contributed by atoms with Gasteiger partial charge in [-0.2, -0.15) is 0 Å². The summed E-state index contributed by atoms with van der Waals surface area (Å²) < 4.78 is 9.82. The molecule has 0 aromatic rings. The third-order valence-corrected chi connectivity index (χ3v) is 4.19. The van der Waals surface area contributed by atoms with Crippen molar-refractivity contribution < 1.29 is 28.7 Å². The average Bonchev–Trinajstić information content (AvgIpc) is 2.59. The van der Waals surface area contributed by atoms with Gasteiger partial charge >= 0.3 is 11.9 Å². The molecular weight excluding hydrogens is 374 g/mol. The number of esters is 2. The van der Waals surface area contributed by atoms with Crippen molar-refractivity contribution >= 4 is 23.6 Å². The van der Waals surface area contributed by atoms with Gasteiger partial charge in [0.2, 0.25) is 5.91 Å². The van der Waals surface area contributed by atoms with Crippen LogP contribution in [0, 0.1) is 5.92 Å². The molecule has 7 heteroatoms. The van der Waals surface area contributed by atoms with Crippen molar-refractivity contribution in [2.45, 2.75) is 104 Å². The van der Waals surface area contributed by atoms with Crippen LogP contribution in [0.2, 0.25) is 0 Å². The molecule has 1 atom stereocenters. The smallest absolute Gasteiger partial charge is 0.306 e. The maximum absolute atomic E-state index is 12.3. The van der Waals surface area contributed by atoms with Crippen LogP contribution in [0.25, 0.3) is 0 Å². The molecule has 0 aromatic carbocycles. The zero-order chi connectivity index (χ0) is 22.4. The van der Waals surface area contributed by atoms with E-state index in [0.29, 0.717) is 25.7 Å². The van der Waals surface area contributed by atoms with E-state index < -0.39 is 17.6 Å². The second-order valence-electron chi connectivity index (χ2n) is 8.79. The van der Waals surface area contributed by atoms with E-state index in [9.17, 15) is 19.2 Å². The number of Topliss-reactive ketones (excluding diaryl/α,β-unsaturated/α-hetero) is 1. The van der Waals surface area contributed by atoms with Crippen LogP contribution in [-0.4, -0.2) is 42.4 Å². The second-order valence-corrected chi connectivity index (χ2v) is 8.79. The lowest BCUT2D eigenvalue weighted by atomic mass is 9.97. The predicted molar refractivity (Wildman–Crippen MR) is 111 cm³/mol. The molecule has 0 unspecified atom stereocenters. The Bertz CT molecular complexity index is 536. The maximum atomic E-state index is 12.3. The van der Waals surface area contributed by atoms with Gasteiger partial charge in [0, 0.05) is 19.3 Å². The topological polar surface area (TPSA) is 98.8 Å². The summed E-state index contributed by atoms with van der Waals surface area (Å²) in [5.41, 5.74) is -0.462. The number of carbonyl (C=O) groups excluding carboxylic acids is 4. The van der Waals surface area contributed by atoms with Crippen molar-refractivity contribution in [2.24, 2.45) is 5.92 Å². The first kappa shape index (κ1) is 27.1. The largest absolute Gasteiger partial charge is 0.469 e. The molecule has 0 aliphatic heterocycles. The van der Waals surface area contributed by atoms with Crippen LogP contribution < -0.4 is 5.32 Å². The highest BCUT2D eigenvalue weighted by atomic mass is 16.6. The van der Waals surface area contributed by atoms with Gasteiger partial charge in [0.1, 0.15) is 5.60 Å². The first-order valence-electron chi connectivity index (χ1n) is 10.5. The molecule has 0 saturated carbocycles. The first-order chi connectivity index (χ1) is 13.4. The summed E-state index contributed by atoms with van der Waals surface area (Å²) in [6.07, 6.45) is 4.47. The molecule has 168 valence electrons. The quantitative estimate of drug-likeness (QED) is 0.344. The van der Waals surface area contributed by atoms with E-state index in [1.807, 2.05) is 34.6 Å². The fraction of sp³-hybridized carbons (Fsp3) is 0.818. The molecule has 0 saturated heterocycles. The van der Waals surface area contributed by atoms with Gasteiger partial charge in [-0.05, 0) is 46.0 Å². The number of methoxy groups -OCH3 is 1. The molecule has 0 aliphatic carbocycles. The van der Waals surface area contributed by atoms with E-state index in [4.69, 9.17) is 4.74 Å². The summed E-state index contributed by atoms with van der Waals surface area (Å²) >= 11 is 0. The molecule has 29 heavy (non-hydrogen) atoms. The molecule has 0 spiro atoms. The van der Waals surface area contributed by atoms with E-state index in [-0.39, 0.29) is 36.4 Å². The van der Waals surface area contributed by atoms with Crippen molar-refractivity contribution in [1.82, 2.24) is 5.32 Å². The summed E-state index contributed by atoms with van der Waals surface area (Å²) in [5.74, 6) is -0.684. The number of hydrogen-bond donors (Lipinski definition) is 1. The number of ketones is 1. The fourth-order valence-electron chi connectivity index (χ4n) is 2.81. The third-order valence-electron chi connectivity index (χ3n) is 4.19. The van der Waals surface area contributed by atoms with E-state index in [1.165, 1.54) is 7.11 Å². The molecule has 0 fully saturated rings. The second kappa shape index (κ2) is 14.1. The lowest BCUT2D eigenvalue weighted by Gasteiger charge is -2.19. The number of hydrogen-bond acceptors (Lipinski definition) is 6. The number of amides is 1. The minimum absolute atomic E-state index is 0.0252. The van der Waals surface area contributed by atoms with Gasteiger partial charge in [0.05, 0.1) is 19.6 Å². The summed E-state index contributed by atoms with van der Waals surface area (Å²) in [4.78, 5) is 47.4. The van der Waals surface area contributed by atoms with Gasteiger partial charge in [0.15, 0.2) is 5.78 Å². The van der Waals surface area contributed by atoms with Gasteiger partial charge in [-0.1, -0.05) is 26.7 Å². The Morgan fingerprint density at radius 2 is 1.41 bits per heavy atom. The van der Waals surface area contributed by atoms with Crippen LogP contribution in [0.4, 0.5) is 0 Å². The van der Waals surface area contributed by atoms with Gasteiger partial charge in [0.25, 0.3) is 0 Å². The van der Waals surface area contributed by atoms with Crippen LogP contribution in [-0.2, 0) is 28.7 Å². The van der Waals surface area contributed by atoms with E-state index >= 15 is 0 Å². The van der Waals surface area contributed by atoms with Crippen LogP contribution >= 0.6 is 0 Å². The Hall–Kier alpha value is -1.92. The highest BCUT2D eigenvalue weighted by molar-refractivity contribution is 5.90. The molecule has 0 bridgehead atoms. The summed E-state index contributed by atoms with van der Waals surface area (Å²) in [7, 11) is 1.29. The molecule has 7 nitrogen and oxygen atoms in total. The van der Waals surface area contributed by atoms with Crippen molar-refractivity contribution in [3.05, 3.63) is 0 Å². The van der Waals surface area contributed by atoms with Crippen LogP contribution in [0.5, 0.6) is 0 Å². The van der Waals surface area contributed by atoms with Gasteiger partial charge in [-0.15, -0.1) is 0 Å². The molecule has 1 amide bonds. The van der Waals surface area contributed by atoms with Crippen LogP contribution in [0.1, 0.15) is 92.4 Å². The number of nitrogens with one attached hydrogen (secondary N) is 1. The number of ether oxygens (including phenoxy) is 2. The third kappa shape index (κ3) is 15.7. The first-order valence-corrected chi connectivity index (χ1v) is 10.5. The SMILES string of the molecule is COC(=O)CCC(=O)[C@H](CC(C)C)NC(=O)CCCCCCC(=O)OC(C)(C)C. The molecule has 0 aromatic heterocycles. The van der Waals surface area contributed by atoms with E-state index in [1.54, 1.807) is 0 Å². The van der Waals surface area contributed by atoms with Gasteiger partial charge < -0.3 is 14.8 Å². The lowest BCUT2D eigenvalue weighted by molar-refractivity contribution is -0.155. The Kier molecular flexibility index (Phi) is 13.2. The van der Waals surface area contributed by atoms with Crippen molar-refractivity contribution in [2.75, 3.05) is 7.11 Å². The Labute approximate surface area is 175 Å². The normalized spacial score (nSPS) is 12.4. The number of carbonyl (C=O) groups is 4. The van der Waals surface area contributed by atoms with E-state index in [0.717, 1.165) is 19.3 Å². The zero-order valence-electron chi connectivity index (χ0n) is 19.0. The minimum atomic E-state index is -0.570. The Balaban J connectivity index is 4.17. The van der Waals surface area contributed by atoms with Crippen molar-refractivity contribution in [1.29, 1.82) is 0 Å². The highest BCUT2D eigenvalue weighted by Crippen LogP contribution is 2.13. The Morgan fingerprint density at radius 3 is 1.93 bits per heavy atom. The summed E-state index contributed by atoms with van der Waals surface area (Å²) in [5, 5.41) is 2.81. The van der Waals surface area contributed by atoms with Crippen molar-refractivity contribution in [3.8, 4) is 0 Å². The van der Waals surface area contributed by atoms with Crippen molar-refractivity contribution in [3.63, 3.8) is 0 Å². The molecule has 0 heterocycles. The maximum Gasteiger partial charge on any atom is 0.306 e. The summed E-state index contributed by atoms with van der Waals surface area (Å²) in [6.45, 7) is 9.50. The predicted octanol–water partition coefficient (Wildman–Crippen LogP) is 3.72. The minimum Gasteiger partial charge on any atom is -0.469 e. The molecular formula is C22H39NO6. The molecule has 0 rings (SSSR count). The Morgan fingerprint density at radius 1 is 0.828 bits per heavy atom. The monoisotopic (exact) mass is 413 g/mol. The molecule has 0 aliphatic rings. The standard InChI is InChI=1S/C22H39NO6/c1-16(2)15-17(18(24)13-14-20(26)28-6)23-19(25)11-9-7-8-10-12-21(27)29-22(3,4)5/h16-17H,7-15H2,1-6H3,(H,23,25)/t17-/m0/s1. The highest BCUT2D eigenvalue weighted by Gasteiger charge is 2.22. The van der Waals surface area contributed by atoms with Crippen LogP contribution in [0.15, 0.2) is 0 Å². The fourth-order valence-corrected chi connectivity index (χ4v) is 2.81. The number of rotatable bonds is 14. The van der Waals surface area contributed by atoms with Gasteiger partial charge in [-0.25, -0.2) is 0 Å². The average molecular weight is 414 g/mol. The van der Waals surface area contributed by atoms with E-state index in [2.05, 4.69) is 10.1 Å². The number of unbranched alkanes of at least 4 members (excludes halogenated alkanes) is 3. The summed E-state index contributed by atoms with van der Waals surface area (Å²) in [6, 6.07) is -0.570. The molecule has 0 radical (unpaired) electrons.